The molecule has 2 aromatic rings. The van der Waals surface area contributed by atoms with Gasteiger partial charge in [0.15, 0.2) is 9.84 Å². The lowest BCUT2D eigenvalue weighted by Crippen LogP contribution is -2.17. The molecule has 0 unspecified atom stereocenters. The number of hydrogen-bond acceptors (Lipinski definition) is 5. The number of hydrogen-bond donors (Lipinski definition) is 1. The fourth-order valence-corrected chi connectivity index (χ4v) is 2.17. The van der Waals surface area contributed by atoms with Gasteiger partial charge in [0.05, 0.1) is 11.1 Å². The zero-order chi connectivity index (χ0) is 15.3. The Labute approximate surface area is 122 Å². The minimum absolute atomic E-state index is 0.165. The smallest absolute Gasteiger partial charge is 0.267 e. The van der Waals surface area contributed by atoms with Crippen LogP contribution in [0.2, 0.25) is 0 Å². The van der Waals surface area contributed by atoms with E-state index in [9.17, 15) is 13.2 Å². The van der Waals surface area contributed by atoms with Gasteiger partial charge in [-0.2, -0.15) is 5.10 Å². The molecule has 0 spiro atoms. The fraction of sp³-hybridized carbons (Fsp3) is 0.0714. The summed E-state index contributed by atoms with van der Waals surface area (Å²) >= 11 is 0. The van der Waals surface area contributed by atoms with Gasteiger partial charge in [0, 0.05) is 29.8 Å². The van der Waals surface area contributed by atoms with Crippen LogP contribution in [0.4, 0.5) is 0 Å². The monoisotopic (exact) mass is 303 g/mol. The number of benzene rings is 1. The number of carbonyl (C=O) groups excluding carboxylic acids is 1. The molecule has 7 heteroatoms. The van der Waals surface area contributed by atoms with Crippen molar-refractivity contribution in [2.45, 2.75) is 4.90 Å². The van der Waals surface area contributed by atoms with Gasteiger partial charge in [-0.25, -0.2) is 13.8 Å². The summed E-state index contributed by atoms with van der Waals surface area (Å²) in [6.07, 6.45) is 5.83. The minimum atomic E-state index is -3.27. The summed E-state index contributed by atoms with van der Waals surface area (Å²) in [5, 5.41) is 3.81. The first kappa shape index (κ1) is 14.9. The molecule has 0 aliphatic heterocycles. The SMILES string of the molecule is CS(=O)(=O)c1ccc(C(=O)N/N=C/c2cccnc2)cc1. The summed E-state index contributed by atoms with van der Waals surface area (Å²) in [7, 11) is -3.27. The predicted molar refractivity (Wildman–Crippen MR) is 78.8 cm³/mol. The number of carbonyl (C=O) groups is 1. The van der Waals surface area contributed by atoms with Crippen molar-refractivity contribution in [3.63, 3.8) is 0 Å². The van der Waals surface area contributed by atoms with Crippen molar-refractivity contribution in [1.82, 2.24) is 10.4 Å². The zero-order valence-corrected chi connectivity index (χ0v) is 12.0. The second-order valence-corrected chi connectivity index (χ2v) is 6.30. The van der Waals surface area contributed by atoms with Gasteiger partial charge in [0.1, 0.15) is 0 Å². The standard InChI is InChI=1S/C14H13N3O3S/c1-21(19,20)13-6-4-12(5-7-13)14(18)17-16-10-11-3-2-8-15-9-11/h2-10H,1H3,(H,17,18)/b16-10+. The molecule has 0 aliphatic carbocycles. The maximum absolute atomic E-state index is 11.8. The maximum atomic E-state index is 11.8. The first-order valence-electron chi connectivity index (χ1n) is 6.00. The van der Waals surface area contributed by atoms with E-state index >= 15 is 0 Å². The van der Waals surface area contributed by atoms with E-state index in [1.165, 1.54) is 30.5 Å². The number of rotatable bonds is 4. The number of sulfone groups is 1. The van der Waals surface area contributed by atoms with Crippen molar-refractivity contribution >= 4 is 22.0 Å². The molecule has 0 bridgehead atoms. The highest BCUT2D eigenvalue weighted by atomic mass is 32.2. The molecule has 21 heavy (non-hydrogen) atoms. The van der Waals surface area contributed by atoms with E-state index in [-0.39, 0.29) is 4.90 Å². The van der Waals surface area contributed by atoms with E-state index in [0.29, 0.717) is 5.56 Å². The van der Waals surface area contributed by atoms with Crippen LogP contribution in [0, 0.1) is 0 Å². The Morgan fingerprint density at radius 3 is 2.52 bits per heavy atom. The average Bonchev–Trinajstić information content (AvgIpc) is 2.47. The van der Waals surface area contributed by atoms with Crippen molar-refractivity contribution in [3.05, 3.63) is 59.9 Å². The van der Waals surface area contributed by atoms with Gasteiger partial charge in [0.25, 0.3) is 5.91 Å². The molecule has 0 aliphatic rings. The third-order valence-electron chi connectivity index (χ3n) is 2.61. The second-order valence-electron chi connectivity index (χ2n) is 4.28. The lowest BCUT2D eigenvalue weighted by atomic mass is 10.2. The molecule has 0 saturated heterocycles. The molecule has 1 N–H and O–H groups in total. The average molecular weight is 303 g/mol. The zero-order valence-electron chi connectivity index (χ0n) is 11.2. The summed E-state index contributed by atoms with van der Waals surface area (Å²) in [5.74, 6) is -0.421. The Hall–Kier alpha value is -2.54. The number of amides is 1. The Kier molecular flexibility index (Phi) is 4.44. The van der Waals surface area contributed by atoms with Crippen LogP contribution in [0.1, 0.15) is 15.9 Å². The molecule has 0 saturated carbocycles. The van der Waals surface area contributed by atoms with E-state index in [4.69, 9.17) is 0 Å². The number of hydrazone groups is 1. The molecular weight excluding hydrogens is 290 g/mol. The van der Waals surface area contributed by atoms with Crippen molar-refractivity contribution in [3.8, 4) is 0 Å². The summed E-state index contributed by atoms with van der Waals surface area (Å²) in [5.41, 5.74) is 3.44. The van der Waals surface area contributed by atoms with Crippen molar-refractivity contribution in [2.75, 3.05) is 6.26 Å². The van der Waals surface area contributed by atoms with Crippen LogP contribution in [-0.4, -0.2) is 31.8 Å². The van der Waals surface area contributed by atoms with E-state index < -0.39 is 15.7 Å². The highest BCUT2D eigenvalue weighted by Crippen LogP contribution is 2.10. The summed E-state index contributed by atoms with van der Waals surface area (Å²) in [6.45, 7) is 0. The molecule has 6 nitrogen and oxygen atoms in total. The molecule has 0 radical (unpaired) electrons. The summed E-state index contributed by atoms with van der Waals surface area (Å²) < 4.78 is 22.6. The highest BCUT2D eigenvalue weighted by Gasteiger charge is 2.09. The molecule has 0 fully saturated rings. The predicted octanol–water partition coefficient (Wildman–Crippen LogP) is 1.25. The molecule has 1 aromatic heterocycles. The first-order chi connectivity index (χ1) is 9.97. The van der Waals surface area contributed by atoms with Gasteiger partial charge >= 0.3 is 0 Å². The van der Waals surface area contributed by atoms with Crippen LogP contribution in [0.15, 0.2) is 58.8 Å². The minimum Gasteiger partial charge on any atom is -0.267 e. The Morgan fingerprint density at radius 2 is 1.95 bits per heavy atom. The van der Waals surface area contributed by atoms with Crippen LogP contribution in [0.25, 0.3) is 0 Å². The van der Waals surface area contributed by atoms with Crippen LogP contribution in [-0.2, 0) is 9.84 Å². The Morgan fingerprint density at radius 1 is 1.24 bits per heavy atom. The number of pyridine rings is 1. The maximum Gasteiger partial charge on any atom is 0.271 e. The second kappa shape index (κ2) is 6.27. The molecule has 0 atom stereocenters. The van der Waals surface area contributed by atoms with Crippen LogP contribution >= 0.6 is 0 Å². The largest absolute Gasteiger partial charge is 0.271 e. The highest BCUT2D eigenvalue weighted by molar-refractivity contribution is 7.90. The van der Waals surface area contributed by atoms with E-state index in [1.54, 1.807) is 24.5 Å². The first-order valence-corrected chi connectivity index (χ1v) is 7.89. The normalized spacial score (nSPS) is 11.5. The van der Waals surface area contributed by atoms with E-state index in [1.807, 2.05) is 0 Å². The molecule has 2 rings (SSSR count). The molecular formula is C14H13N3O3S. The van der Waals surface area contributed by atoms with Crippen molar-refractivity contribution in [2.24, 2.45) is 5.10 Å². The summed E-state index contributed by atoms with van der Waals surface area (Å²) in [6, 6.07) is 9.19. The van der Waals surface area contributed by atoms with E-state index in [0.717, 1.165) is 11.8 Å². The lowest BCUT2D eigenvalue weighted by molar-refractivity contribution is 0.0955. The number of nitrogens with one attached hydrogen (secondary N) is 1. The third-order valence-corrected chi connectivity index (χ3v) is 3.74. The van der Waals surface area contributed by atoms with Crippen molar-refractivity contribution < 1.29 is 13.2 Å². The van der Waals surface area contributed by atoms with E-state index in [2.05, 4.69) is 15.5 Å². The third kappa shape index (κ3) is 4.22. The van der Waals surface area contributed by atoms with Gasteiger partial charge in [-0.1, -0.05) is 6.07 Å². The number of aromatic nitrogens is 1. The quantitative estimate of drug-likeness (QED) is 0.680. The van der Waals surface area contributed by atoms with Gasteiger partial charge in [-0.15, -0.1) is 0 Å². The Balaban J connectivity index is 2.02. The summed E-state index contributed by atoms with van der Waals surface area (Å²) in [4.78, 5) is 15.9. The van der Waals surface area contributed by atoms with Crippen LogP contribution in [0.3, 0.4) is 0 Å². The van der Waals surface area contributed by atoms with Gasteiger partial charge in [-0.05, 0) is 30.3 Å². The lowest BCUT2D eigenvalue weighted by Gasteiger charge is -2.01. The van der Waals surface area contributed by atoms with Crippen LogP contribution < -0.4 is 5.43 Å². The fourth-order valence-electron chi connectivity index (χ4n) is 1.54. The van der Waals surface area contributed by atoms with Gasteiger partial charge in [-0.3, -0.25) is 9.78 Å². The topological polar surface area (TPSA) is 88.5 Å². The molecule has 108 valence electrons. The van der Waals surface area contributed by atoms with Crippen LogP contribution in [0.5, 0.6) is 0 Å². The van der Waals surface area contributed by atoms with Crippen molar-refractivity contribution in [1.29, 1.82) is 0 Å². The Bertz CT molecular complexity index is 754. The molecule has 1 aromatic carbocycles. The molecule has 1 amide bonds. The number of nitrogens with zero attached hydrogens (tertiary/aromatic N) is 2. The van der Waals surface area contributed by atoms with Gasteiger partial charge in [0.2, 0.25) is 0 Å². The molecule has 1 heterocycles. The van der Waals surface area contributed by atoms with Gasteiger partial charge < -0.3 is 0 Å².